The van der Waals surface area contributed by atoms with Gasteiger partial charge in [0.1, 0.15) is 0 Å². The average molecular weight is 279 g/mol. The van der Waals surface area contributed by atoms with Gasteiger partial charge in [-0.2, -0.15) is 0 Å². The van der Waals surface area contributed by atoms with E-state index in [4.69, 9.17) is 0 Å². The average Bonchev–Trinajstić information content (AvgIpc) is 3.00. The third kappa shape index (κ3) is 2.94. The molecule has 0 saturated carbocycles. The number of imidazole rings is 1. The highest BCUT2D eigenvalue weighted by Crippen LogP contribution is 2.14. The van der Waals surface area contributed by atoms with Crippen LogP contribution in [0.15, 0.2) is 54.9 Å². The number of nitrogens with zero attached hydrogens (tertiary/aromatic N) is 1. The van der Waals surface area contributed by atoms with E-state index in [1.807, 2.05) is 30.3 Å². The van der Waals surface area contributed by atoms with Crippen LogP contribution < -0.4 is 5.32 Å². The molecule has 21 heavy (non-hydrogen) atoms. The second-order valence-electron chi connectivity index (χ2n) is 5.16. The zero-order valence-electron chi connectivity index (χ0n) is 11.8. The van der Waals surface area contributed by atoms with Gasteiger partial charge in [0, 0.05) is 12.1 Å². The van der Waals surface area contributed by atoms with Crippen LogP contribution in [0.4, 0.5) is 0 Å². The summed E-state index contributed by atoms with van der Waals surface area (Å²) in [6.07, 6.45) is 1.63. The Kier molecular flexibility index (Phi) is 3.69. The van der Waals surface area contributed by atoms with Gasteiger partial charge in [0.2, 0.25) is 0 Å². The second-order valence-corrected chi connectivity index (χ2v) is 5.16. The van der Waals surface area contributed by atoms with Gasteiger partial charge in [-0.05, 0) is 29.7 Å². The van der Waals surface area contributed by atoms with Gasteiger partial charge in [0.25, 0.3) is 5.91 Å². The van der Waals surface area contributed by atoms with Crippen molar-refractivity contribution in [3.63, 3.8) is 0 Å². The predicted molar refractivity (Wildman–Crippen MR) is 83.3 cm³/mol. The molecular formula is C17H17N3O. The van der Waals surface area contributed by atoms with Crippen molar-refractivity contribution < 1.29 is 4.79 Å². The number of aromatic amines is 1. The summed E-state index contributed by atoms with van der Waals surface area (Å²) in [5.41, 5.74) is 3.61. The first-order chi connectivity index (χ1) is 10.2. The Morgan fingerprint density at radius 3 is 2.86 bits per heavy atom. The summed E-state index contributed by atoms with van der Waals surface area (Å²) in [6.45, 7) is 2.72. The quantitative estimate of drug-likeness (QED) is 0.771. The molecule has 3 aromatic rings. The molecule has 0 aliphatic heterocycles. The normalized spacial score (nSPS) is 12.2. The van der Waals surface area contributed by atoms with E-state index in [0.29, 0.717) is 12.1 Å². The monoisotopic (exact) mass is 279 g/mol. The fraction of sp³-hybridized carbons (Fsp3) is 0.176. The van der Waals surface area contributed by atoms with Crippen LogP contribution in [-0.2, 0) is 0 Å². The standard InChI is InChI=1S/C17H17N3O/c1-12(13-5-3-2-4-6-13)10-18-17(21)14-7-8-15-16(9-14)20-11-19-15/h2-9,11-12H,10H2,1H3,(H,18,21)(H,19,20)/t12-/m0/s1. The predicted octanol–water partition coefficient (Wildman–Crippen LogP) is 3.10. The lowest BCUT2D eigenvalue weighted by molar-refractivity contribution is 0.0952. The van der Waals surface area contributed by atoms with Gasteiger partial charge >= 0.3 is 0 Å². The number of rotatable bonds is 4. The van der Waals surface area contributed by atoms with E-state index in [1.165, 1.54) is 5.56 Å². The number of nitrogens with one attached hydrogen (secondary N) is 2. The Morgan fingerprint density at radius 2 is 2.05 bits per heavy atom. The van der Waals surface area contributed by atoms with Crippen molar-refractivity contribution in [2.45, 2.75) is 12.8 Å². The summed E-state index contributed by atoms with van der Waals surface area (Å²) in [5, 5.41) is 2.98. The number of aromatic nitrogens is 2. The number of amides is 1. The second kappa shape index (κ2) is 5.79. The van der Waals surface area contributed by atoms with Crippen molar-refractivity contribution in [2.75, 3.05) is 6.54 Å². The van der Waals surface area contributed by atoms with Gasteiger partial charge in [-0.25, -0.2) is 4.98 Å². The van der Waals surface area contributed by atoms with Gasteiger partial charge in [0.15, 0.2) is 0 Å². The van der Waals surface area contributed by atoms with Crippen LogP contribution in [0.5, 0.6) is 0 Å². The van der Waals surface area contributed by atoms with E-state index in [0.717, 1.165) is 11.0 Å². The molecule has 1 atom stereocenters. The van der Waals surface area contributed by atoms with E-state index in [-0.39, 0.29) is 11.8 Å². The fourth-order valence-electron chi connectivity index (χ4n) is 2.32. The summed E-state index contributed by atoms with van der Waals surface area (Å²) < 4.78 is 0. The smallest absolute Gasteiger partial charge is 0.251 e. The summed E-state index contributed by atoms with van der Waals surface area (Å²) in [6, 6.07) is 15.6. The summed E-state index contributed by atoms with van der Waals surface area (Å²) >= 11 is 0. The molecule has 4 nitrogen and oxygen atoms in total. The minimum atomic E-state index is -0.0609. The highest BCUT2D eigenvalue weighted by molar-refractivity contribution is 5.97. The SMILES string of the molecule is C[C@@H](CNC(=O)c1ccc2nc[nH]c2c1)c1ccccc1. The van der Waals surface area contributed by atoms with E-state index in [2.05, 4.69) is 34.3 Å². The number of carbonyl (C=O) groups is 1. The zero-order chi connectivity index (χ0) is 14.7. The minimum absolute atomic E-state index is 0.0609. The Bertz CT molecular complexity index is 749. The molecule has 4 heteroatoms. The first kappa shape index (κ1) is 13.4. The van der Waals surface area contributed by atoms with Crippen molar-refractivity contribution in [2.24, 2.45) is 0 Å². The van der Waals surface area contributed by atoms with Gasteiger partial charge < -0.3 is 10.3 Å². The minimum Gasteiger partial charge on any atom is -0.351 e. The maximum atomic E-state index is 12.2. The van der Waals surface area contributed by atoms with Crippen molar-refractivity contribution >= 4 is 16.9 Å². The topological polar surface area (TPSA) is 57.8 Å². The van der Waals surface area contributed by atoms with Crippen LogP contribution in [0.3, 0.4) is 0 Å². The number of fused-ring (bicyclic) bond motifs is 1. The van der Waals surface area contributed by atoms with Crippen LogP contribution in [0.1, 0.15) is 28.8 Å². The molecule has 0 bridgehead atoms. The third-order valence-corrected chi connectivity index (χ3v) is 3.62. The summed E-state index contributed by atoms with van der Waals surface area (Å²) in [4.78, 5) is 19.4. The van der Waals surface area contributed by atoms with E-state index < -0.39 is 0 Å². The highest BCUT2D eigenvalue weighted by Gasteiger charge is 2.10. The van der Waals surface area contributed by atoms with Gasteiger partial charge in [-0.15, -0.1) is 0 Å². The molecule has 1 aromatic heterocycles. The Morgan fingerprint density at radius 1 is 1.24 bits per heavy atom. The molecule has 106 valence electrons. The van der Waals surface area contributed by atoms with Gasteiger partial charge in [0.05, 0.1) is 17.4 Å². The van der Waals surface area contributed by atoms with Crippen LogP contribution in [0.25, 0.3) is 11.0 Å². The lowest BCUT2D eigenvalue weighted by atomic mass is 10.0. The fourth-order valence-corrected chi connectivity index (χ4v) is 2.32. The molecular weight excluding hydrogens is 262 g/mol. The molecule has 1 amide bonds. The lowest BCUT2D eigenvalue weighted by Gasteiger charge is -2.13. The number of carbonyl (C=O) groups excluding carboxylic acids is 1. The zero-order valence-corrected chi connectivity index (χ0v) is 11.8. The molecule has 0 aliphatic rings. The number of hydrogen-bond acceptors (Lipinski definition) is 2. The Balaban J connectivity index is 1.66. The first-order valence-electron chi connectivity index (χ1n) is 7.00. The van der Waals surface area contributed by atoms with Gasteiger partial charge in [-0.3, -0.25) is 4.79 Å². The van der Waals surface area contributed by atoms with Crippen molar-refractivity contribution in [3.8, 4) is 0 Å². The van der Waals surface area contributed by atoms with E-state index >= 15 is 0 Å². The molecule has 0 fully saturated rings. The molecule has 0 aliphatic carbocycles. The van der Waals surface area contributed by atoms with Gasteiger partial charge in [-0.1, -0.05) is 37.3 Å². The number of H-pyrrole nitrogens is 1. The number of benzene rings is 2. The van der Waals surface area contributed by atoms with E-state index in [9.17, 15) is 4.79 Å². The van der Waals surface area contributed by atoms with Crippen molar-refractivity contribution in [3.05, 3.63) is 66.0 Å². The third-order valence-electron chi connectivity index (χ3n) is 3.62. The van der Waals surface area contributed by atoms with Crippen LogP contribution >= 0.6 is 0 Å². The Hall–Kier alpha value is -2.62. The Labute approximate surface area is 123 Å². The van der Waals surface area contributed by atoms with Crippen molar-refractivity contribution in [1.29, 1.82) is 0 Å². The molecule has 2 N–H and O–H groups in total. The lowest BCUT2D eigenvalue weighted by Crippen LogP contribution is -2.27. The molecule has 1 heterocycles. The van der Waals surface area contributed by atoms with E-state index in [1.54, 1.807) is 12.4 Å². The molecule has 0 saturated heterocycles. The largest absolute Gasteiger partial charge is 0.351 e. The molecule has 0 unspecified atom stereocenters. The molecule has 3 rings (SSSR count). The molecule has 2 aromatic carbocycles. The maximum absolute atomic E-state index is 12.2. The maximum Gasteiger partial charge on any atom is 0.251 e. The van der Waals surface area contributed by atoms with Crippen LogP contribution in [0.2, 0.25) is 0 Å². The number of hydrogen-bond donors (Lipinski definition) is 2. The molecule has 0 spiro atoms. The molecule has 0 radical (unpaired) electrons. The summed E-state index contributed by atoms with van der Waals surface area (Å²) in [5.74, 6) is 0.223. The van der Waals surface area contributed by atoms with Crippen molar-refractivity contribution in [1.82, 2.24) is 15.3 Å². The van der Waals surface area contributed by atoms with Crippen LogP contribution in [-0.4, -0.2) is 22.4 Å². The highest BCUT2D eigenvalue weighted by atomic mass is 16.1. The first-order valence-corrected chi connectivity index (χ1v) is 7.00. The summed E-state index contributed by atoms with van der Waals surface area (Å²) in [7, 11) is 0. The van der Waals surface area contributed by atoms with Crippen LogP contribution in [0, 0.1) is 0 Å².